The number of aromatic amines is 1. The first kappa shape index (κ1) is 22.8. The molecule has 0 spiro atoms. The van der Waals surface area contributed by atoms with E-state index >= 15 is 0 Å². The first-order valence-electron chi connectivity index (χ1n) is 14.7. The average Bonchev–Trinajstić information content (AvgIpc) is 3.75. The summed E-state index contributed by atoms with van der Waals surface area (Å²) in [6.45, 7) is 0. The van der Waals surface area contributed by atoms with E-state index in [1.807, 2.05) is 6.07 Å². The number of furan rings is 1. The van der Waals surface area contributed by atoms with Gasteiger partial charge in [-0.25, -0.2) is 0 Å². The van der Waals surface area contributed by atoms with E-state index in [2.05, 4.69) is 143 Å². The zero-order valence-corrected chi connectivity index (χ0v) is 23.1. The highest BCUT2D eigenvalue weighted by atomic mass is 16.3. The standard InChI is InChI=1S/C40H24N2O/c1-2-10-26(11-3-1)42-34-16-8-5-12-27(34)31-22-25(19-21-35(31)42)24-18-20-28-32(23-24)38-30-14-6-9-17-36(30)43-40(38)39-37(28)29-13-4-7-15-33(29)41-39/h1-23,41H. The number of fused-ring (bicyclic) bond motifs is 13. The molecule has 43 heavy (non-hydrogen) atoms. The van der Waals surface area contributed by atoms with Crippen molar-refractivity contribution in [2.45, 2.75) is 0 Å². The summed E-state index contributed by atoms with van der Waals surface area (Å²) in [5, 5.41) is 9.68. The Bertz CT molecular complexity index is 2720. The Morgan fingerprint density at radius 3 is 2.02 bits per heavy atom. The van der Waals surface area contributed by atoms with Gasteiger partial charge in [-0.15, -0.1) is 0 Å². The summed E-state index contributed by atoms with van der Waals surface area (Å²) in [5.41, 5.74) is 9.99. The van der Waals surface area contributed by atoms with Gasteiger partial charge < -0.3 is 14.0 Å². The monoisotopic (exact) mass is 548 g/mol. The molecule has 3 nitrogen and oxygen atoms in total. The minimum Gasteiger partial charge on any atom is -0.454 e. The van der Waals surface area contributed by atoms with E-state index in [1.54, 1.807) is 0 Å². The molecule has 0 amide bonds. The second kappa shape index (κ2) is 8.37. The van der Waals surface area contributed by atoms with Crippen LogP contribution in [-0.4, -0.2) is 9.55 Å². The first-order chi connectivity index (χ1) is 21.3. The molecule has 0 fully saturated rings. The van der Waals surface area contributed by atoms with Crippen molar-refractivity contribution >= 4 is 76.3 Å². The maximum atomic E-state index is 6.57. The average molecular weight is 549 g/mol. The Morgan fingerprint density at radius 1 is 0.465 bits per heavy atom. The molecule has 0 saturated carbocycles. The molecule has 1 N–H and O–H groups in total. The molecule has 10 aromatic rings. The van der Waals surface area contributed by atoms with Crippen LogP contribution in [0.15, 0.2) is 144 Å². The van der Waals surface area contributed by atoms with Crippen LogP contribution in [0.25, 0.3) is 93.1 Å². The van der Waals surface area contributed by atoms with Crippen LogP contribution in [0.2, 0.25) is 0 Å². The Hall–Kier alpha value is -5.80. The quantitative estimate of drug-likeness (QED) is 0.229. The van der Waals surface area contributed by atoms with Gasteiger partial charge >= 0.3 is 0 Å². The van der Waals surface area contributed by atoms with Crippen molar-refractivity contribution in [2.75, 3.05) is 0 Å². The molecule has 0 aliphatic heterocycles. The number of nitrogens with one attached hydrogen (secondary N) is 1. The molecule has 7 aromatic carbocycles. The Labute approximate surface area is 246 Å². The van der Waals surface area contributed by atoms with Crippen molar-refractivity contribution in [2.24, 2.45) is 0 Å². The number of rotatable bonds is 2. The van der Waals surface area contributed by atoms with Crippen LogP contribution in [0.1, 0.15) is 0 Å². The fourth-order valence-corrected chi connectivity index (χ4v) is 7.24. The highest BCUT2D eigenvalue weighted by molar-refractivity contribution is 6.34. The second-order valence-corrected chi connectivity index (χ2v) is 11.4. The Morgan fingerprint density at radius 2 is 1.14 bits per heavy atom. The van der Waals surface area contributed by atoms with Crippen LogP contribution in [0, 0.1) is 0 Å². The van der Waals surface area contributed by atoms with Gasteiger partial charge in [0.25, 0.3) is 0 Å². The van der Waals surface area contributed by atoms with Crippen molar-refractivity contribution < 1.29 is 4.42 Å². The lowest BCUT2D eigenvalue weighted by atomic mass is 9.94. The number of benzene rings is 7. The van der Waals surface area contributed by atoms with Crippen LogP contribution in [-0.2, 0) is 0 Å². The number of hydrogen-bond donors (Lipinski definition) is 1. The molecular weight excluding hydrogens is 524 g/mol. The molecule has 10 rings (SSSR count). The van der Waals surface area contributed by atoms with Gasteiger partial charge in [0.05, 0.1) is 16.6 Å². The van der Waals surface area contributed by atoms with Gasteiger partial charge in [0, 0.05) is 43.5 Å². The van der Waals surface area contributed by atoms with Gasteiger partial charge in [-0.05, 0) is 70.4 Å². The third-order valence-corrected chi connectivity index (χ3v) is 9.11. The minimum atomic E-state index is 0.908. The van der Waals surface area contributed by atoms with E-state index < -0.39 is 0 Å². The number of nitrogens with zero attached hydrogens (tertiary/aromatic N) is 1. The lowest BCUT2D eigenvalue weighted by Crippen LogP contribution is -1.92. The van der Waals surface area contributed by atoms with Gasteiger partial charge in [0.1, 0.15) is 5.58 Å². The second-order valence-electron chi connectivity index (χ2n) is 11.4. The van der Waals surface area contributed by atoms with Crippen LogP contribution in [0.5, 0.6) is 0 Å². The molecule has 3 heteroatoms. The SMILES string of the molecule is c1ccc(-n2c3ccccc3c3cc(-c4ccc5c(c4)c4c6ccccc6oc4c4[nH]c6ccccc6c54)ccc32)cc1. The highest BCUT2D eigenvalue weighted by Gasteiger charge is 2.20. The lowest BCUT2D eigenvalue weighted by molar-refractivity contribution is 0.672. The minimum absolute atomic E-state index is 0.908. The summed E-state index contributed by atoms with van der Waals surface area (Å²) in [4.78, 5) is 3.68. The predicted molar refractivity (Wildman–Crippen MR) is 180 cm³/mol. The van der Waals surface area contributed by atoms with Crippen molar-refractivity contribution in [3.8, 4) is 16.8 Å². The summed E-state index contributed by atoms with van der Waals surface area (Å²) in [6.07, 6.45) is 0. The fourth-order valence-electron chi connectivity index (χ4n) is 7.24. The maximum absolute atomic E-state index is 6.57. The summed E-state index contributed by atoms with van der Waals surface area (Å²) in [5.74, 6) is 0. The normalized spacial score (nSPS) is 12.2. The van der Waals surface area contributed by atoms with Crippen molar-refractivity contribution in [3.05, 3.63) is 140 Å². The number of aromatic nitrogens is 2. The van der Waals surface area contributed by atoms with Crippen LogP contribution >= 0.6 is 0 Å². The van der Waals surface area contributed by atoms with E-state index in [0.29, 0.717) is 0 Å². The molecule has 3 heterocycles. The number of H-pyrrole nitrogens is 1. The van der Waals surface area contributed by atoms with Gasteiger partial charge in [-0.3, -0.25) is 0 Å². The van der Waals surface area contributed by atoms with Crippen LogP contribution in [0.3, 0.4) is 0 Å². The van der Waals surface area contributed by atoms with E-state index in [4.69, 9.17) is 4.42 Å². The fraction of sp³-hybridized carbons (Fsp3) is 0. The molecule has 0 saturated heterocycles. The van der Waals surface area contributed by atoms with Gasteiger partial charge in [-0.1, -0.05) is 91.0 Å². The maximum Gasteiger partial charge on any atom is 0.160 e. The largest absolute Gasteiger partial charge is 0.454 e. The molecule has 0 aliphatic carbocycles. The van der Waals surface area contributed by atoms with E-state index in [9.17, 15) is 0 Å². The Kier molecular flexibility index (Phi) is 4.45. The van der Waals surface area contributed by atoms with E-state index in [0.717, 1.165) is 33.0 Å². The summed E-state index contributed by atoms with van der Waals surface area (Å²) in [7, 11) is 0. The first-order valence-corrected chi connectivity index (χ1v) is 14.7. The molecule has 3 aromatic heterocycles. The van der Waals surface area contributed by atoms with Crippen molar-refractivity contribution in [3.63, 3.8) is 0 Å². The van der Waals surface area contributed by atoms with Gasteiger partial charge in [-0.2, -0.15) is 0 Å². The topological polar surface area (TPSA) is 33.9 Å². The Balaban J connectivity index is 1.29. The highest BCUT2D eigenvalue weighted by Crippen LogP contribution is 2.44. The zero-order valence-electron chi connectivity index (χ0n) is 23.1. The zero-order chi connectivity index (χ0) is 28.1. The molecular formula is C40H24N2O. The smallest absolute Gasteiger partial charge is 0.160 e. The van der Waals surface area contributed by atoms with Crippen LogP contribution in [0.4, 0.5) is 0 Å². The molecule has 0 radical (unpaired) electrons. The molecule has 0 atom stereocenters. The number of hydrogen-bond acceptors (Lipinski definition) is 1. The summed E-state index contributed by atoms with van der Waals surface area (Å²) in [6, 6.07) is 50.1. The predicted octanol–water partition coefficient (Wildman–Crippen LogP) is 11.1. The van der Waals surface area contributed by atoms with Gasteiger partial charge in [0.15, 0.2) is 5.58 Å². The van der Waals surface area contributed by atoms with E-state index in [-0.39, 0.29) is 0 Å². The van der Waals surface area contributed by atoms with E-state index in [1.165, 1.54) is 60.2 Å². The summed E-state index contributed by atoms with van der Waals surface area (Å²) < 4.78 is 8.93. The molecule has 0 bridgehead atoms. The third kappa shape index (κ3) is 3.08. The lowest BCUT2D eigenvalue weighted by Gasteiger charge is -2.09. The van der Waals surface area contributed by atoms with Crippen molar-refractivity contribution in [1.29, 1.82) is 0 Å². The summed E-state index contributed by atoms with van der Waals surface area (Å²) >= 11 is 0. The van der Waals surface area contributed by atoms with Gasteiger partial charge in [0.2, 0.25) is 0 Å². The molecule has 0 aliphatic rings. The third-order valence-electron chi connectivity index (χ3n) is 9.11. The number of para-hydroxylation sites is 4. The van der Waals surface area contributed by atoms with Crippen molar-refractivity contribution in [1.82, 2.24) is 9.55 Å². The molecule has 200 valence electrons. The molecule has 0 unspecified atom stereocenters. The van der Waals surface area contributed by atoms with Crippen LogP contribution < -0.4 is 0 Å².